The molecule has 2 rings (SSSR count). The molecule has 1 unspecified atom stereocenters. The molecule has 1 atom stereocenters. The van der Waals surface area contributed by atoms with E-state index in [0.717, 1.165) is 12.8 Å². The molecule has 4 heteroatoms. The second-order valence-electron chi connectivity index (χ2n) is 5.87. The molecule has 0 aliphatic heterocycles. The highest BCUT2D eigenvalue weighted by molar-refractivity contribution is 5.95. The number of aryl methyl sites for hydroxylation is 3. The maximum atomic E-state index is 11.6. The number of ether oxygens (including phenoxy) is 1. The lowest BCUT2D eigenvalue weighted by Gasteiger charge is -2.10. The monoisotopic (exact) mass is 304 g/mol. The zero-order chi connectivity index (χ0) is 15.9. The molecular formula is C18H24O4. The molecule has 0 amide bonds. The molecule has 0 saturated heterocycles. The number of esters is 1. The van der Waals surface area contributed by atoms with Crippen LogP contribution in [0.25, 0.3) is 0 Å². The molecule has 0 fully saturated rings. The van der Waals surface area contributed by atoms with Crippen LogP contribution >= 0.6 is 0 Å². The number of hydrogen-bond acceptors (Lipinski definition) is 4. The van der Waals surface area contributed by atoms with Gasteiger partial charge in [-0.25, -0.2) is 0 Å². The molecule has 22 heavy (non-hydrogen) atoms. The topological polar surface area (TPSA) is 63.6 Å². The second-order valence-corrected chi connectivity index (χ2v) is 5.87. The van der Waals surface area contributed by atoms with Crippen molar-refractivity contribution in [3.63, 3.8) is 0 Å². The standard InChI is InChI=1S/C18H24O4/c1-2-22-18(21)12-17(20)11-16(19)9-7-13-6-8-14-4-3-5-15(14)10-13/h6,8,10,16,19H,2-5,7,9,11-12H2,1H3. The van der Waals surface area contributed by atoms with E-state index < -0.39 is 12.1 Å². The summed E-state index contributed by atoms with van der Waals surface area (Å²) >= 11 is 0. The number of carbonyl (C=O) groups is 2. The van der Waals surface area contributed by atoms with E-state index in [4.69, 9.17) is 4.74 Å². The average molecular weight is 304 g/mol. The zero-order valence-electron chi connectivity index (χ0n) is 13.1. The highest BCUT2D eigenvalue weighted by Gasteiger charge is 2.16. The van der Waals surface area contributed by atoms with Gasteiger partial charge in [-0.1, -0.05) is 18.2 Å². The van der Waals surface area contributed by atoms with Gasteiger partial charge in [0.05, 0.1) is 12.7 Å². The van der Waals surface area contributed by atoms with Crippen LogP contribution in [0.1, 0.15) is 49.3 Å². The minimum absolute atomic E-state index is 0.0176. The summed E-state index contributed by atoms with van der Waals surface area (Å²) in [5, 5.41) is 9.94. The average Bonchev–Trinajstić information content (AvgIpc) is 2.92. The number of fused-ring (bicyclic) bond motifs is 1. The first-order valence-corrected chi connectivity index (χ1v) is 8.04. The van der Waals surface area contributed by atoms with Crippen LogP contribution in [0.15, 0.2) is 18.2 Å². The Hall–Kier alpha value is -1.68. The van der Waals surface area contributed by atoms with E-state index in [1.807, 2.05) is 0 Å². The van der Waals surface area contributed by atoms with E-state index in [2.05, 4.69) is 18.2 Å². The van der Waals surface area contributed by atoms with Crippen molar-refractivity contribution < 1.29 is 19.4 Å². The third kappa shape index (κ3) is 4.95. The summed E-state index contributed by atoms with van der Waals surface area (Å²) in [7, 11) is 0. The fraction of sp³-hybridized carbons (Fsp3) is 0.556. The van der Waals surface area contributed by atoms with Gasteiger partial charge in [-0.2, -0.15) is 0 Å². The Morgan fingerprint density at radius 3 is 2.82 bits per heavy atom. The SMILES string of the molecule is CCOC(=O)CC(=O)CC(O)CCc1ccc2c(c1)CCC2. The predicted molar refractivity (Wildman–Crippen MR) is 83.7 cm³/mol. The Bertz CT molecular complexity index is 536. The molecule has 0 spiro atoms. The first-order valence-electron chi connectivity index (χ1n) is 8.04. The molecule has 0 saturated carbocycles. The molecular weight excluding hydrogens is 280 g/mol. The summed E-state index contributed by atoms with van der Waals surface area (Å²) in [6, 6.07) is 6.50. The smallest absolute Gasteiger partial charge is 0.313 e. The number of hydrogen-bond donors (Lipinski definition) is 1. The summed E-state index contributed by atoms with van der Waals surface area (Å²) in [5.74, 6) is -0.779. The molecule has 0 radical (unpaired) electrons. The van der Waals surface area contributed by atoms with Gasteiger partial charge in [-0.05, 0) is 55.7 Å². The maximum absolute atomic E-state index is 11.6. The number of rotatable bonds is 8. The maximum Gasteiger partial charge on any atom is 0.313 e. The van der Waals surface area contributed by atoms with Crippen molar-refractivity contribution in [2.24, 2.45) is 0 Å². The van der Waals surface area contributed by atoms with Crippen LogP contribution in [-0.4, -0.2) is 29.6 Å². The molecule has 1 aromatic carbocycles. The molecule has 1 aromatic rings. The quantitative estimate of drug-likeness (QED) is 0.591. The van der Waals surface area contributed by atoms with Gasteiger partial charge in [0.15, 0.2) is 0 Å². The van der Waals surface area contributed by atoms with Crippen molar-refractivity contribution in [1.29, 1.82) is 0 Å². The molecule has 1 aliphatic carbocycles. The summed E-state index contributed by atoms with van der Waals surface area (Å²) in [4.78, 5) is 22.8. The van der Waals surface area contributed by atoms with E-state index >= 15 is 0 Å². The van der Waals surface area contributed by atoms with Gasteiger partial charge in [0.2, 0.25) is 0 Å². The fourth-order valence-corrected chi connectivity index (χ4v) is 2.92. The fourth-order valence-electron chi connectivity index (χ4n) is 2.92. The summed E-state index contributed by atoms with van der Waals surface area (Å²) < 4.78 is 4.72. The first kappa shape index (κ1) is 16.7. The number of aliphatic hydroxyl groups is 1. The molecule has 1 aliphatic rings. The van der Waals surface area contributed by atoms with Crippen LogP contribution in [0.4, 0.5) is 0 Å². The lowest BCUT2D eigenvalue weighted by Crippen LogP contribution is -2.18. The highest BCUT2D eigenvalue weighted by Crippen LogP contribution is 2.23. The Balaban J connectivity index is 1.74. The van der Waals surface area contributed by atoms with E-state index in [1.54, 1.807) is 6.92 Å². The lowest BCUT2D eigenvalue weighted by molar-refractivity contribution is -0.145. The Morgan fingerprint density at radius 2 is 2.05 bits per heavy atom. The summed E-state index contributed by atoms with van der Waals surface area (Å²) in [6.45, 7) is 1.97. The minimum atomic E-state index is -0.699. The van der Waals surface area contributed by atoms with Crippen LogP contribution < -0.4 is 0 Å². The van der Waals surface area contributed by atoms with Gasteiger partial charge in [0.1, 0.15) is 12.2 Å². The van der Waals surface area contributed by atoms with E-state index in [0.29, 0.717) is 6.42 Å². The van der Waals surface area contributed by atoms with E-state index in [9.17, 15) is 14.7 Å². The molecule has 1 N–H and O–H groups in total. The Morgan fingerprint density at radius 1 is 1.27 bits per heavy atom. The van der Waals surface area contributed by atoms with Gasteiger partial charge in [0.25, 0.3) is 0 Å². The van der Waals surface area contributed by atoms with Gasteiger partial charge in [-0.15, -0.1) is 0 Å². The van der Waals surface area contributed by atoms with Crippen LogP contribution in [0, 0.1) is 0 Å². The number of aliphatic hydroxyl groups excluding tert-OH is 1. The van der Waals surface area contributed by atoms with Crippen molar-refractivity contribution in [1.82, 2.24) is 0 Å². The highest BCUT2D eigenvalue weighted by atomic mass is 16.5. The van der Waals surface area contributed by atoms with Crippen molar-refractivity contribution >= 4 is 11.8 Å². The first-order chi connectivity index (χ1) is 10.6. The van der Waals surface area contributed by atoms with Crippen LogP contribution in [0.3, 0.4) is 0 Å². The second kappa shape index (κ2) is 8.08. The molecule has 4 nitrogen and oxygen atoms in total. The van der Waals surface area contributed by atoms with Crippen molar-refractivity contribution in [3.8, 4) is 0 Å². The molecule has 0 aromatic heterocycles. The summed E-state index contributed by atoms with van der Waals surface area (Å²) in [6.07, 6.45) is 3.89. The van der Waals surface area contributed by atoms with Crippen molar-refractivity contribution in [2.45, 2.75) is 58.0 Å². The van der Waals surface area contributed by atoms with Gasteiger partial charge < -0.3 is 9.84 Å². The van der Waals surface area contributed by atoms with Gasteiger partial charge in [-0.3, -0.25) is 9.59 Å². The third-order valence-electron chi connectivity index (χ3n) is 4.04. The number of ketones is 1. The minimum Gasteiger partial charge on any atom is -0.466 e. The molecule has 0 bridgehead atoms. The van der Waals surface area contributed by atoms with E-state index in [1.165, 1.54) is 29.5 Å². The number of Topliss-reactive ketones (excluding diaryl/α,β-unsaturated/α-hetero) is 1. The Labute approximate surface area is 131 Å². The molecule has 120 valence electrons. The van der Waals surface area contributed by atoms with Gasteiger partial charge >= 0.3 is 5.97 Å². The molecule has 0 heterocycles. The predicted octanol–water partition coefficient (Wildman–Crippen LogP) is 2.38. The Kier molecular flexibility index (Phi) is 6.13. The van der Waals surface area contributed by atoms with E-state index in [-0.39, 0.29) is 25.2 Å². The van der Waals surface area contributed by atoms with Crippen LogP contribution in [0.5, 0.6) is 0 Å². The number of benzene rings is 1. The number of carbonyl (C=O) groups excluding carboxylic acids is 2. The summed E-state index contributed by atoms with van der Waals surface area (Å²) in [5.41, 5.74) is 4.07. The van der Waals surface area contributed by atoms with Crippen LogP contribution in [0.2, 0.25) is 0 Å². The van der Waals surface area contributed by atoms with Crippen molar-refractivity contribution in [3.05, 3.63) is 34.9 Å². The van der Waals surface area contributed by atoms with Crippen LogP contribution in [-0.2, 0) is 33.6 Å². The van der Waals surface area contributed by atoms with Crippen molar-refractivity contribution in [2.75, 3.05) is 6.61 Å². The third-order valence-corrected chi connectivity index (χ3v) is 4.04. The zero-order valence-corrected chi connectivity index (χ0v) is 13.1. The van der Waals surface area contributed by atoms with Gasteiger partial charge in [0, 0.05) is 6.42 Å². The normalized spacial score (nSPS) is 14.5. The lowest BCUT2D eigenvalue weighted by atomic mass is 9.99. The largest absolute Gasteiger partial charge is 0.466 e.